The van der Waals surface area contributed by atoms with E-state index >= 15 is 0 Å². The Balaban J connectivity index is 0.000000149. The summed E-state index contributed by atoms with van der Waals surface area (Å²) >= 11 is 0. The molecule has 6 nitrogen and oxygen atoms in total. The summed E-state index contributed by atoms with van der Waals surface area (Å²) in [6, 6.07) is 216. The average Bonchev–Trinajstić information content (AvgIpc) is 1.59. The second-order valence-corrected chi connectivity index (χ2v) is 38.7. The summed E-state index contributed by atoms with van der Waals surface area (Å²) in [6.45, 7) is 0. The van der Waals surface area contributed by atoms with Crippen LogP contribution >= 0.6 is 0 Å². The van der Waals surface area contributed by atoms with Gasteiger partial charge in [0, 0.05) is 100.0 Å². The molecule has 0 N–H and O–H groups in total. The van der Waals surface area contributed by atoms with Gasteiger partial charge in [0.15, 0.2) is 0 Å². The van der Waals surface area contributed by atoms with Gasteiger partial charge in [0.05, 0.1) is 44.1 Å². The molecule has 0 atom stereocenters. The summed E-state index contributed by atoms with van der Waals surface area (Å²) in [6.07, 6.45) is 0. The molecule has 0 saturated carbocycles. The third kappa shape index (κ3) is 16.7. The summed E-state index contributed by atoms with van der Waals surface area (Å²) in [5.74, 6) is 0. The van der Waals surface area contributed by atoms with Crippen molar-refractivity contribution >= 4 is 121 Å². The molecule has 0 amide bonds. The van der Waals surface area contributed by atoms with Gasteiger partial charge in [-0.1, -0.05) is 388 Å². The Morgan fingerprint density at radius 1 is 0.0933 bits per heavy atom. The van der Waals surface area contributed by atoms with Crippen LogP contribution in [0, 0.1) is 0 Å². The van der Waals surface area contributed by atoms with Gasteiger partial charge >= 0.3 is 0 Å². The standard InChI is InChI=1S/C78H53N3.C66H45N3/c1-5-17-54(18-6-1)57-33-41-68(42-34-57)79(69-43-35-58(36-44-69)55-19-7-2-8-20-55)70-45-37-59(38-46-70)56-29-31-60(32-30-56)63-49-64(61-39-47-73-71-25-13-15-27-75(71)80(77(73)52-61)66-21-9-3-10-22-66)51-65(50-63)62-40-48-74-72-26-14-16-28-76(72)81(78(74)53-62)67-23-11-4-12-24-67;1-5-17-46(18-6-1)47-29-35-57(36-30-47)67(54-19-7-2-8-20-54)58-37-31-48(32-38-58)51-41-52(49-33-39-61-59-25-13-15-27-63(59)68(65(61)44-49)55-21-9-3-10-22-55)43-53(42-51)50-34-40-62-60-26-14-16-28-64(60)69(66(62)45-50)56-23-11-4-12-24-56/h1-53H;1-45H. The Kier molecular flexibility index (Phi) is 22.9. The number of hydrogen-bond donors (Lipinski definition) is 0. The molecule has 6 heteroatoms. The summed E-state index contributed by atoms with van der Waals surface area (Å²) in [5.41, 5.74) is 44.1. The number of para-hydroxylation sites is 9. The Hall–Kier alpha value is -19.9. The molecule has 4 heterocycles. The summed E-state index contributed by atoms with van der Waals surface area (Å²) in [7, 11) is 0. The predicted octanol–water partition coefficient (Wildman–Crippen LogP) is 39.4. The maximum Gasteiger partial charge on any atom is 0.0547 e. The minimum Gasteiger partial charge on any atom is -0.311 e. The molecule has 0 aliphatic carbocycles. The fraction of sp³-hybridized carbons (Fsp3) is 0. The first-order chi connectivity index (χ1) is 74.4. The monoisotopic (exact) mass is 1910 g/mol. The molecule has 24 aromatic carbocycles. The first-order valence-corrected chi connectivity index (χ1v) is 51.5. The zero-order valence-electron chi connectivity index (χ0n) is 82.3. The zero-order chi connectivity index (χ0) is 99.3. The van der Waals surface area contributed by atoms with E-state index in [-0.39, 0.29) is 0 Å². The molecule has 0 fully saturated rings. The van der Waals surface area contributed by atoms with Crippen molar-refractivity contribution in [3.8, 4) is 134 Å². The maximum absolute atomic E-state index is 2.41. The first-order valence-electron chi connectivity index (χ1n) is 51.5. The molecular formula is C144H98N6. The van der Waals surface area contributed by atoms with Crippen LogP contribution in [-0.4, -0.2) is 18.3 Å². The van der Waals surface area contributed by atoms with Crippen LogP contribution in [0.3, 0.4) is 0 Å². The first kappa shape index (κ1) is 89.0. The Morgan fingerprint density at radius 3 is 0.460 bits per heavy atom. The highest BCUT2D eigenvalue weighted by atomic mass is 15.1. The quantitative estimate of drug-likeness (QED) is 0.0760. The van der Waals surface area contributed by atoms with Crippen LogP contribution in [0.2, 0.25) is 0 Å². The second kappa shape index (κ2) is 38.6. The van der Waals surface area contributed by atoms with Gasteiger partial charge in [-0.3, -0.25) is 0 Å². The van der Waals surface area contributed by atoms with Crippen molar-refractivity contribution < 1.29 is 0 Å². The van der Waals surface area contributed by atoms with Gasteiger partial charge in [-0.15, -0.1) is 0 Å². The van der Waals surface area contributed by atoms with E-state index < -0.39 is 0 Å². The van der Waals surface area contributed by atoms with E-state index in [1.54, 1.807) is 0 Å². The van der Waals surface area contributed by atoms with Crippen LogP contribution in [0.4, 0.5) is 34.1 Å². The number of anilines is 6. The van der Waals surface area contributed by atoms with Crippen LogP contribution < -0.4 is 9.80 Å². The van der Waals surface area contributed by atoms with Gasteiger partial charge in [0.25, 0.3) is 0 Å². The molecule has 0 bridgehead atoms. The minimum atomic E-state index is 1.09. The molecule has 4 aromatic heterocycles. The van der Waals surface area contributed by atoms with Gasteiger partial charge in [0.2, 0.25) is 0 Å². The zero-order valence-corrected chi connectivity index (χ0v) is 82.3. The van der Waals surface area contributed by atoms with E-state index in [1.807, 2.05) is 0 Å². The van der Waals surface area contributed by atoms with E-state index in [9.17, 15) is 0 Å². The van der Waals surface area contributed by atoms with Crippen LogP contribution in [0.25, 0.3) is 221 Å². The van der Waals surface area contributed by atoms with Crippen LogP contribution in [0.5, 0.6) is 0 Å². The van der Waals surface area contributed by atoms with E-state index in [2.05, 4.69) is 623 Å². The summed E-state index contributed by atoms with van der Waals surface area (Å²) < 4.78 is 9.62. The topological polar surface area (TPSA) is 26.2 Å². The summed E-state index contributed by atoms with van der Waals surface area (Å²) in [4.78, 5) is 4.68. The molecule has 28 aromatic rings. The number of rotatable bonds is 20. The highest BCUT2D eigenvalue weighted by Gasteiger charge is 2.24. The smallest absolute Gasteiger partial charge is 0.0547 e. The van der Waals surface area contributed by atoms with Crippen molar-refractivity contribution in [1.82, 2.24) is 18.3 Å². The Morgan fingerprint density at radius 2 is 0.240 bits per heavy atom. The highest BCUT2D eigenvalue weighted by Crippen LogP contribution is 2.48. The molecule has 0 saturated heterocycles. The number of aromatic nitrogens is 4. The molecular weight excluding hydrogens is 1810 g/mol. The van der Waals surface area contributed by atoms with Crippen molar-refractivity contribution in [2.24, 2.45) is 0 Å². The maximum atomic E-state index is 2.41. The molecule has 0 aliphatic rings. The second-order valence-electron chi connectivity index (χ2n) is 38.7. The number of benzene rings is 24. The third-order valence-electron chi connectivity index (χ3n) is 29.8. The molecule has 150 heavy (non-hydrogen) atoms. The third-order valence-corrected chi connectivity index (χ3v) is 29.8. The van der Waals surface area contributed by atoms with Gasteiger partial charge in [0.1, 0.15) is 0 Å². The van der Waals surface area contributed by atoms with Gasteiger partial charge in [-0.05, 0) is 318 Å². The predicted molar refractivity (Wildman–Crippen MR) is 634 cm³/mol. The Bertz CT molecular complexity index is 9400. The van der Waals surface area contributed by atoms with Crippen molar-refractivity contribution in [2.75, 3.05) is 9.80 Å². The normalized spacial score (nSPS) is 11.5. The molecule has 704 valence electrons. The van der Waals surface area contributed by atoms with Crippen LogP contribution in [-0.2, 0) is 0 Å². The van der Waals surface area contributed by atoms with Crippen molar-refractivity contribution in [1.29, 1.82) is 0 Å². The molecule has 0 aliphatic heterocycles. The number of fused-ring (bicyclic) bond motifs is 12. The lowest BCUT2D eigenvalue weighted by molar-refractivity contribution is 1.18. The lowest BCUT2D eigenvalue weighted by Gasteiger charge is -2.26. The van der Waals surface area contributed by atoms with Crippen molar-refractivity contribution in [3.63, 3.8) is 0 Å². The van der Waals surface area contributed by atoms with E-state index in [0.29, 0.717) is 0 Å². The average molecular weight is 1910 g/mol. The van der Waals surface area contributed by atoms with Crippen molar-refractivity contribution in [2.45, 2.75) is 0 Å². The fourth-order valence-corrected chi connectivity index (χ4v) is 22.5. The minimum absolute atomic E-state index is 1.09. The van der Waals surface area contributed by atoms with Crippen molar-refractivity contribution in [3.05, 3.63) is 595 Å². The van der Waals surface area contributed by atoms with Gasteiger partial charge in [-0.2, -0.15) is 0 Å². The van der Waals surface area contributed by atoms with E-state index in [0.717, 1.165) is 135 Å². The van der Waals surface area contributed by atoms with Gasteiger partial charge in [-0.25, -0.2) is 0 Å². The van der Waals surface area contributed by atoms with E-state index in [1.165, 1.54) is 121 Å². The highest BCUT2D eigenvalue weighted by molar-refractivity contribution is 6.15. The van der Waals surface area contributed by atoms with Crippen LogP contribution in [0.15, 0.2) is 595 Å². The van der Waals surface area contributed by atoms with Crippen LogP contribution in [0.1, 0.15) is 0 Å². The number of nitrogens with zero attached hydrogens (tertiary/aromatic N) is 6. The molecule has 0 spiro atoms. The van der Waals surface area contributed by atoms with Gasteiger partial charge < -0.3 is 28.1 Å². The van der Waals surface area contributed by atoms with E-state index in [4.69, 9.17) is 0 Å². The molecule has 0 unspecified atom stereocenters. The molecule has 0 radical (unpaired) electrons. The number of hydrogen-bond acceptors (Lipinski definition) is 2. The lowest BCUT2D eigenvalue weighted by atomic mass is 9.92. The molecule has 28 rings (SSSR count). The fourth-order valence-electron chi connectivity index (χ4n) is 22.5. The SMILES string of the molecule is c1ccc(-c2ccc(N(c3ccc(-c4ccccc4)cc3)c3ccc(-c4ccc(-c5cc(-c6ccc7c8ccccc8n(-c8ccccc8)c7c6)cc(-c6ccc7c8ccccc8n(-c8ccccc8)c7c6)c5)cc4)cc3)cc2)cc1.c1ccc(-c2ccc(N(c3ccccc3)c3ccc(-c4cc(-c5ccc6c7ccccc7n(-c7ccccc7)c6c5)cc(-c5ccc6c7ccccc7n(-c7ccccc7)c6c5)c4)cc3)cc2)cc1. The lowest BCUT2D eigenvalue weighted by Crippen LogP contribution is -2.09. The Labute approximate surface area is 871 Å². The summed E-state index contributed by atoms with van der Waals surface area (Å²) in [5, 5.41) is 9.93. The largest absolute Gasteiger partial charge is 0.311 e.